The number of hydrogen-bond donors (Lipinski definition) is 1. The molecule has 0 atom stereocenters. The van der Waals surface area contributed by atoms with E-state index in [0.717, 1.165) is 60.6 Å². The Morgan fingerprint density at radius 1 is 0.882 bits per heavy atom. The van der Waals surface area contributed by atoms with Crippen LogP contribution in [0.4, 0.5) is 11.5 Å². The van der Waals surface area contributed by atoms with Gasteiger partial charge in [-0.3, -0.25) is 9.78 Å². The molecule has 1 fully saturated rings. The quantitative estimate of drug-likeness (QED) is 0.435. The predicted octanol–water partition coefficient (Wildman–Crippen LogP) is 5.34. The molecule has 172 valence electrons. The first-order valence-electron chi connectivity index (χ1n) is 11.4. The number of anilines is 2. The lowest BCUT2D eigenvalue weighted by Crippen LogP contribution is -2.29. The van der Waals surface area contributed by atoms with E-state index in [1.807, 2.05) is 72.9 Å². The molecule has 1 aliphatic heterocycles. The third-order valence-electron chi connectivity index (χ3n) is 6.16. The zero-order valence-corrected chi connectivity index (χ0v) is 19.8. The van der Waals surface area contributed by atoms with Crippen LogP contribution in [0.25, 0.3) is 22.2 Å². The van der Waals surface area contributed by atoms with Crippen LogP contribution in [0, 0.1) is 0 Å². The van der Waals surface area contributed by atoms with Crippen LogP contribution in [-0.4, -0.2) is 54.0 Å². The lowest BCUT2D eigenvalue weighted by molar-refractivity contribution is 0.102. The Kier molecular flexibility index (Phi) is 6.43. The highest BCUT2D eigenvalue weighted by Crippen LogP contribution is 2.23. The fraction of sp³-hybridized carbons (Fsp3) is 0.222. The number of aromatic nitrogens is 2. The van der Waals surface area contributed by atoms with E-state index in [-0.39, 0.29) is 5.91 Å². The standard InChI is InChI=1S/C27H26ClN5O/c1-32-13-2-14-33(16-15-32)26-18-29-25-17-23(11-12-24(25)31-26)30-27(34)21-5-3-19(4-6-21)20-7-9-22(28)10-8-20/h3-12,17-18H,2,13-16H2,1H3,(H,30,34). The van der Waals surface area contributed by atoms with Crippen molar-refractivity contribution >= 4 is 40.0 Å². The molecule has 7 heteroatoms. The summed E-state index contributed by atoms with van der Waals surface area (Å²) in [6, 6.07) is 20.8. The average Bonchev–Trinajstić information content (AvgIpc) is 3.08. The van der Waals surface area contributed by atoms with E-state index in [4.69, 9.17) is 16.6 Å². The second kappa shape index (κ2) is 9.79. The second-order valence-corrected chi connectivity index (χ2v) is 9.05. The molecule has 0 bridgehead atoms. The lowest BCUT2D eigenvalue weighted by Gasteiger charge is -2.21. The van der Waals surface area contributed by atoms with Gasteiger partial charge >= 0.3 is 0 Å². The maximum atomic E-state index is 12.8. The minimum absolute atomic E-state index is 0.166. The molecule has 0 spiro atoms. The second-order valence-electron chi connectivity index (χ2n) is 8.61. The highest BCUT2D eigenvalue weighted by Gasteiger charge is 2.15. The van der Waals surface area contributed by atoms with E-state index in [1.54, 1.807) is 0 Å². The van der Waals surface area contributed by atoms with Crippen molar-refractivity contribution in [1.29, 1.82) is 0 Å². The summed E-state index contributed by atoms with van der Waals surface area (Å²) in [4.78, 5) is 26.9. The molecular weight excluding hydrogens is 446 g/mol. The van der Waals surface area contributed by atoms with Crippen LogP contribution in [-0.2, 0) is 0 Å². The molecule has 0 radical (unpaired) electrons. The molecule has 3 aromatic carbocycles. The Bertz CT molecular complexity index is 1310. The Morgan fingerprint density at radius 3 is 2.38 bits per heavy atom. The number of rotatable bonds is 4. The van der Waals surface area contributed by atoms with E-state index in [1.165, 1.54) is 0 Å². The molecule has 34 heavy (non-hydrogen) atoms. The summed E-state index contributed by atoms with van der Waals surface area (Å²) in [5.41, 5.74) is 4.94. The lowest BCUT2D eigenvalue weighted by atomic mass is 10.0. The number of nitrogens with one attached hydrogen (secondary N) is 1. The molecule has 1 saturated heterocycles. The van der Waals surface area contributed by atoms with Crippen LogP contribution in [0.5, 0.6) is 0 Å². The number of carbonyl (C=O) groups is 1. The van der Waals surface area contributed by atoms with E-state index in [0.29, 0.717) is 16.3 Å². The first kappa shape index (κ1) is 22.3. The van der Waals surface area contributed by atoms with Crippen molar-refractivity contribution < 1.29 is 4.79 Å². The number of halogens is 1. The number of benzene rings is 3. The van der Waals surface area contributed by atoms with Crippen molar-refractivity contribution in [3.63, 3.8) is 0 Å². The first-order valence-corrected chi connectivity index (χ1v) is 11.8. The normalized spacial score (nSPS) is 14.7. The third kappa shape index (κ3) is 5.03. The molecule has 0 aliphatic carbocycles. The Balaban J connectivity index is 1.28. The van der Waals surface area contributed by atoms with Gasteiger partial charge in [0.1, 0.15) is 5.82 Å². The number of nitrogens with zero attached hydrogens (tertiary/aromatic N) is 4. The van der Waals surface area contributed by atoms with Gasteiger partial charge < -0.3 is 15.1 Å². The van der Waals surface area contributed by atoms with Gasteiger partial charge in [0.25, 0.3) is 5.91 Å². The molecule has 0 unspecified atom stereocenters. The zero-order valence-electron chi connectivity index (χ0n) is 19.0. The van der Waals surface area contributed by atoms with Gasteiger partial charge in [-0.2, -0.15) is 0 Å². The molecule has 1 aromatic heterocycles. The summed E-state index contributed by atoms with van der Waals surface area (Å²) < 4.78 is 0. The first-order chi connectivity index (χ1) is 16.5. The van der Waals surface area contributed by atoms with Gasteiger partial charge in [-0.15, -0.1) is 0 Å². The third-order valence-corrected chi connectivity index (χ3v) is 6.41. The van der Waals surface area contributed by atoms with Crippen LogP contribution < -0.4 is 10.2 Å². The van der Waals surface area contributed by atoms with Crippen LogP contribution in [0.2, 0.25) is 5.02 Å². The maximum absolute atomic E-state index is 12.8. The highest BCUT2D eigenvalue weighted by atomic mass is 35.5. The molecule has 1 amide bonds. The van der Waals surface area contributed by atoms with Crippen LogP contribution >= 0.6 is 11.6 Å². The van der Waals surface area contributed by atoms with Crippen LogP contribution in [0.15, 0.2) is 72.9 Å². The summed E-state index contributed by atoms with van der Waals surface area (Å²) in [5, 5.41) is 3.67. The van der Waals surface area contributed by atoms with E-state index >= 15 is 0 Å². The predicted molar refractivity (Wildman–Crippen MR) is 139 cm³/mol. The molecule has 6 nitrogen and oxygen atoms in total. The number of fused-ring (bicyclic) bond motifs is 1. The van der Waals surface area contributed by atoms with Crippen molar-refractivity contribution in [1.82, 2.24) is 14.9 Å². The zero-order chi connectivity index (χ0) is 23.5. The molecule has 1 N–H and O–H groups in total. The Morgan fingerprint density at radius 2 is 1.62 bits per heavy atom. The summed E-state index contributed by atoms with van der Waals surface area (Å²) in [6.45, 7) is 4.05. The summed E-state index contributed by atoms with van der Waals surface area (Å²) in [6.07, 6.45) is 2.94. The fourth-order valence-corrected chi connectivity index (χ4v) is 4.29. The highest BCUT2D eigenvalue weighted by molar-refractivity contribution is 6.30. The van der Waals surface area contributed by atoms with E-state index in [2.05, 4.69) is 27.1 Å². The van der Waals surface area contributed by atoms with Crippen molar-refractivity contribution in [2.75, 3.05) is 43.4 Å². The molecule has 2 heterocycles. The van der Waals surface area contributed by atoms with Crippen molar-refractivity contribution in [2.45, 2.75) is 6.42 Å². The summed E-state index contributed by atoms with van der Waals surface area (Å²) in [5.74, 6) is 0.737. The van der Waals surface area contributed by atoms with Crippen molar-refractivity contribution in [3.8, 4) is 11.1 Å². The minimum Gasteiger partial charge on any atom is -0.354 e. The summed E-state index contributed by atoms with van der Waals surface area (Å²) in [7, 11) is 2.15. The topological polar surface area (TPSA) is 61.4 Å². The van der Waals surface area contributed by atoms with Gasteiger partial charge in [-0.25, -0.2) is 4.98 Å². The fourth-order valence-electron chi connectivity index (χ4n) is 4.17. The minimum atomic E-state index is -0.166. The Hall–Kier alpha value is -3.48. The van der Waals surface area contributed by atoms with Gasteiger partial charge in [0.15, 0.2) is 0 Å². The van der Waals surface area contributed by atoms with E-state index in [9.17, 15) is 4.79 Å². The number of carbonyl (C=O) groups excluding carboxylic acids is 1. The summed E-state index contributed by atoms with van der Waals surface area (Å²) >= 11 is 5.97. The number of likely N-dealkylation sites (N-methyl/N-ethyl adjacent to an activating group) is 1. The largest absolute Gasteiger partial charge is 0.354 e. The average molecular weight is 472 g/mol. The van der Waals surface area contributed by atoms with Crippen molar-refractivity contribution in [2.24, 2.45) is 0 Å². The van der Waals surface area contributed by atoms with Crippen LogP contribution in [0.1, 0.15) is 16.8 Å². The van der Waals surface area contributed by atoms with E-state index < -0.39 is 0 Å². The number of hydrogen-bond acceptors (Lipinski definition) is 5. The van der Waals surface area contributed by atoms with Gasteiger partial charge in [0.2, 0.25) is 0 Å². The molecule has 0 saturated carbocycles. The maximum Gasteiger partial charge on any atom is 0.255 e. The molecular formula is C27H26ClN5O. The smallest absolute Gasteiger partial charge is 0.255 e. The Labute approximate surface area is 204 Å². The van der Waals surface area contributed by atoms with Gasteiger partial charge in [0, 0.05) is 35.9 Å². The molecule has 1 aliphatic rings. The van der Waals surface area contributed by atoms with Crippen molar-refractivity contribution in [3.05, 3.63) is 83.5 Å². The monoisotopic (exact) mass is 471 g/mol. The SMILES string of the molecule is CN1CCCN(c2cnc3cc(NC(=O)c4ccc(-c5ccc(Cl)cc5)cc4)ccc3n2)CC1. The van der Waals surface area contributed by atoms with Crippen LogP contribution in [0.3, 0.4) is 0 Å². The van der Waals surface area contributed by atoms with Gasteiger partial charge in [-0.1, -0.05) is 35.9 Å². The van der Waals surface area contributed by atoms with Gasteiger partial charge in [-0.05, 0) is 73.6 Å². The molecule has 4 aromatic rings. The van der Waals surface area contributed by atoms with Gasteiger partial charge in [0.05, 0.1) is 17.2 Å². The molecule has 5 rings (SSSR count). The number of amides is 1.